The van der Waals surface area contributed by atoms with E-state index in [1.807, 2.05) is 43.5 Å². The highest BCUT2D eigenvalue weighted by Crippen LogP contribution is 2.34. The number of rotatable bonds is 6. The molecule has 172 valence electrons. The summed E-state index contributed by atoms with van der Waals surface area (Å²) >= 11 is 0. The third-order valence-electron chi connectivity index (χ3n) is 6.29. The molecule has 0 N–H and O–H groups in total. The van der Waals surface area contributed by atoms with Crippen LogP contribution in [0.2, 0.25) is 0 Å². The van der Waals surface area contributed by atoms with E-state index in [4.69, 9.17) is 9.72 Å². The van der Waals surface area contributed by atoms with Gasteiger partial charge in [0, 0.05) is 43.7 Å². The quantitative estimate of drug-likeness (QED) is 0.444. The summed E-state index contributed by atoms with van der Waals surface area (Å²) in [4.78, 5) is 28.5. The number of likely N-dealkylation sites (N-methyl/N-ethyl adjacent to an activating group) is 1. The van der Waals surface area contributed by atoms with Gasteiger partial charge in [0.1, 0.15) is 5.75 Å². The lowest BCUT2D eigenvalue weighted by atomic mass is 9.90. The van der Waals surface area contributed by atoms with Crippen molar-refractivity contribution >= 4 is 5.91 Å². The summed E-state index contributed by atoms with van der Waals surface area (Å²) in [5.74, 6) is 1.15. The van der Waals surface area contributed by atoms with Crippen LogP contribution in [-0.2, 0) is 19.3 Å². The minimum Gasteiger partial charge on any atom is -0.497 e. The zero-order valence-corrected chi connectivity index (χ0v) is 19.5. The van der Waals surface area contributed by atoms with Gasteiger partial charge in [-0.25, -0.2) is 14.6 Å². The molecule has 0 atom stereocenters. The molecular formula is C26H26N6O2. The lowest BCUT2D eigenvalue weighted by Gasteiger charge is -2.20. The predicted octanol–water partition coefficient (Wildman–Crippen LogP) is 3.45. The molecule has 1 aromatic carbocycles. The molecule has 34 heavy (non-hydrogen) atoms. The summed E-state index contributed by atoms with van der Waals surface area (Å²) in [6, 6.07) is 11.9. The topological polar surface area (TPSA) is 86.0 Å². The zero-order valence-electron chi connectivity index (χ0n) is 19.5. The molecule has 0 radical (unpaired) electrons. The number of aromatic nitrogens is 5. The number of fused-ring (bicyclic) bond motifs is 3. The van der Waals surface area contributed by atoms with Gasteiger partial charge >= 0.3 is 0 Å². The van der Waals surface area contributed by atoms with Gasteiger partial charge in [0.15, 0.2) is 0 Å². The first-order chi connectivity index (χ1) is 16.5. The highest BCUT2D eigenvalue weighted by molar-refractivity contribution is 5.95. The third-order valence-corrected chi connectivity index (χ3v) is 6.29. The molecular weight excluding hydrogens is 428 g/mol. The number of pyridine rings is 1. The van der Waals surface area contributed by atoms with Crippen LogP contribution in [0.15, 0.2) is 55.0 Å². The maximum Gasteiger partial charge on any atom is 0.257 e. The van der Waals surface area contributed by atoms with Gasteiger partial charge in [0.2, 0.25) is 0 Å². The fourth-order valence-electron chi connectivity index (χ4n) is 4.26. The van der Waals surface area contributed by atoms with E-state index in [1.54, 1.807) is 36.1 Å². The second kappa shape index (κ2) is 9.05. The van der Waals surface area contributed by atoms with Crippen LogP contribution in [0.25, 0.3) is 17.2 Å². The molecule has 3 aromatic heterocycles. The number of aryl methyl sites for hydroxylation is 2. The standard InChI is InChI=1S/C26H26N6O2/c1-17-23(25(33)31(2)13-11-20-6-4-5-12-27-20)16-29-32(17)26-28-15-19-8-7-18-9-10-21(34-3)14-22(18)24(19)30-26/h4-6,9-10,12,14-16H,7-8,11,13H2,1-3H3. The normalized spacial score (nSPS) is 12.1. The van der Waals surface area contributed by atoms with Crippen molar-refractivity contribution < 1.29 is 9.53 Å². The number of hydrogen-bond donors (Lipinski definition) is 0. The second-order valence-electron chi connectivity index (χ2n) is 8.42. The molecule has 1 aliphatic rings. The maximum absolute atomic E-state index is 13.1. The SMILES string of the molecule is COc1ccc2c(c1)-c1nc(-n3ncc(C(=O)N(C)CCc4ccccn4)c3C)ncc1CC2. The number of carbonyl (C=O) groups is 1. The number of benzene rings is 1. The van der Waals surface area contributed by atoms with Crippen LogP contribution in [0.3, 0.4) is 0 Å². The summed E-state index contributed by atoms with van der Waals surface area (Å²) in [5, 5.41) is 4.45. The van der Waals surface area contributed by atoms with Gasteiger partial charge in [-0.2, -0.15) is 5.10 Å². The summed E-state index contributed by atoms with van der Waals surface area (Å²) < 4.78 is 7.06. The molecule has 0 bridgehead atoms. The van der Waals surface area contributed by atoms with Crippen LogP contribution in [0, 0.1) is 6.92 Å². The smallest absolute Gasteiger partial charge is 0.257 e. The van der Waals surface area contributed by atoms with Crippen molar-refractivity contribution in [3.8, 4) is 23.0 Å². The maximum atomic E-state index is 13.1. The van der Waals surface area contributed by atoms with Crippen molar-refractivity contribution in [3.63, 3.8) is 0 Å². The van der Waals surface area contributed by atoms with Crippen LogP contribution >= 0.6 is 0 Å². The highest BCUT2D eigenvalue weighted by Gasteiger charge is 2.23. The molecule has 1 aliphatic carbocycles. The Bertz CT molecular complexity index is 1350. The Morgan fingerprint density at radius 3 is 2.76 bits per heavy atom. The lowest BCUT2D eigenvalue weighted by molar-refractivity contribution is 0.0795. The molecule has 8 heteroatoms. The summed E-state index contributed by atoms with van der Waals surface area (Å²) in [5.41, 5.74) is 6.47. The Hall–Kier alpha value is -4.07. The fourth-order valence-corrected chi connectivity index (χ4v) is 4.26. The van der Waals surface area contributed by atoms with Gasteiger partial charge in [-0.05, 0) is 55.2 Å². The fraction of sp³-hybridized carbons (Fsp3) is 0.269. The van der Waals surface area contributed by atoms with Crippen molar-refractivity contribution in [1.82, 2.24) is 29.6 Å². The third kappa shape index (κ3) is 4.03. The van der Waals surface area contributed by atoms with Gasteiger partial charge in [-0.15, -0.1) is 0 Å². The van der Waals surface area contributed by atoms with Crippen molar-refractivity contribution in [1.29, 1.82) is 0 Å². The number of hydrogen-bond acceptors (Lipinski definition) is 6. The number of nitrogens with zero attached hydrogens (tertiary/aromatic N) is 6. The van der Waals surface area contributed by atoms with Crippen molar-refractivity contribution in [2.75, 3.05) is 20.7 Å². The van der Waals surface area contributed by atoms with E-state index in [9.17, 15) is 4.79 Å². The molecule has 0 saturated heterocycles. The summed E-state index contributed by atoms with van der Waals surface area (Å²) in [6.45, 7) is 2.43. The molecule has 0 saturated carbocycles. The number of carbonyl (C=O) groups excluding carboxylic acids is 1. The van der Waals surface area contributed by atoms with Gasteiger partial charge in [0.25, 0.3) is 11.9 Å². The van der Waals surface area contributed by atoms with Gasteiger partial charge in [0.05, 0.1) is 30.3 Å². The minimum atomic E-state index is -0.0901. The molecule has 3 heterocycles. The highest BCUT2D eigenvalue weighted by atomic mass is 16.5. The molecule has 0 aliphatic heterocycles. The van der Waals surface area contributed by atoms with Crippen molar-refractivity contribution in [2.45, 2.75) is 26.2 Å². The van der Waals surface area contributed by atoms with E-state index in [0.717, 1.165) is 41.1 Å². The van der Waals surface area contributed by atoms with Crippen LogP contribution in [-0.4, -0.2) is 56.2 Å². The molecule has 1 amide bonds. The predicted molar refractivity (Wildman–Crippen MR) is 128 cm³/mol. The van der Waals surface area contributed by atoms with Crippen LogP contribution in [0.1, 0.15) is 32.9 Å². The van der Waals surface area contributed by atoms with Crippen molar-refractivity contribution in [3.05, 3.63) is 83.1 Å². The first kappa shape index (κ1) is 21.8. The molecule has 8 nitrogen and oxygen atoms in total. The van der Waals surface area contributed by atoms with Gasteiger partial charge in [-0.3, -0.25) is 9.78 Å². The zero-order chi connectivity index (χ0) is 23.7. The average Bonchev–Trinajstić information content (AvgIpc) is 3.27. The molecule has 0 spiro atoms. The first-order valence-electron chi connectivity index (χ1n) is 11.3. The largest absolute Gasteiger partial charge is 0.497 e. The van der Waals surface area contributed by atoms with E-state index in [1.165, 1.54) is 5.56 Å². The van der Waals surface area contributed by atoms with Crippen LogP contribution in [0.4, 0.5) is 0 Å². The Morgan fingerprint density at radius 2 is 1.97 bits per heavy atom. The monoisotopic (exact) mass is 454 g/mol. The average molecular weight is 455 g/mol. The van der Waals surface area contributed by atoms with Gasteiger partial charge < -0.3 is 9.64 Å². The molecule has 5 rings (SSSR count). The summed E-state index contributed by atoms with van der Waals surface area (Å²) in [7, 11) is 3.46. The van der Waals surface area contributed by atoms with E-state index in [2.05, 4.69) is 21.1 Å². The van der Waals surface area contributed by atoms with Crippen molar-refractivity contribution in [2.24, 2.45) is 0 Å². The lowest BCUT2D eigenvalue weighted by Crippen LogP contribution is -2.29. The first-order valence-corrected chi connectivity index (χ1v) is 11.3. The Kier molecular flexibility index (Phi) is 5.79. The van der Waals surface area contributed by atoms with E-state index in [0.29, 0.717) is 30.2 Å². The second-order valence-corrected chi connectivity index (χ2v) is 8.42. The number of amides is 1. The van der Waals surface area contributed by atoms with Crippen LogP contribution in [0.5, 0.6) is 5.75 Å². The number of ether oxygens (including phenoxy) is 1. The van der Waals surface area contributed by atoms with E-state index >= 15 is 0 Å². The van der Waals surface area contributed by atoms with E-state index in [-0.39, 0.29) is 5.91 Å². The number of methoxy groups -OCH3 is 1. The Labute approximate surface area is 198 Å². The van der Waals surface area contributed by atoms with Crippen LogP contribution < -0.4 is 4.74 Å². The molecule has 4 aromatic rings. The Balaban J connectivity index is 1.41. The Morgan fingerprint density at radius 1 is 1.12 bits per heavy atom. The molecule has 0 unspecified atom stereocenters. The molecule has 0 fully saturated rings. The van der Waals surface area contributed by atoms with E-state index < -0.39 is 0 Å². The van der Waals surface area contributed by atoms with Gasteiger partial charge in [-0.1, -0.05) is 12.1 Å². The summed E-state index contributed by atoms with van der Waals surface area (Å²) in [6.07, 6.45) is 7.74. The minimum absolute atomic E-state index is 0.0901.